The summed E-state index contributed by atoms with van der Waals surface area (Å²) in [7, 11) is 0. The van der Waals surface area contributed by atoms with Gasteiger partial charge in [-0.05, 0) is 31.0 Å². The zero-order valence-electron chi connectivity index (χ0n) is 10.8. The number of aromatic carboxylic acids is 1. The number of rotatable bonds is 3. The van der Waals surface area contributed by atoms with E-state index >= 15 is 0 Å². The first-order chi connectivity index (χ1) is 9.06. The molecule has 2 rings (SSSR count). The van der Waals surface area contributed by atoms with Gasteiger partial charge in [-0.2, -0.15) is 0 Å². The van der Waals surface area contributed by atoms with E-state index in [-0.39, 0.29) is 17.6 Å². The van der Waals surface area contributed by atoms with Crippen molar-refractivity contribution in [1.29, 1.82) is 0 Å². The molecular weight excluding hydrogens is 246 g/mol. The summed E-state index contributed by atoms with van der Waals surface area (Å²) < 4.78 is 5.77. The molecule has 1 atom stereocenters. The molecule has 1 aromatic rings. The van der Waals surface area contributed by atoms with Gasteiger partial charge in [0.25, 0.3) is 0 Å². The molecule has 0 aromatic heterocycles. The highest BCUT2D eigenvalue weighted by Gasteiger charge is 2.22. The summed E-state index contributed by atoms with van der Waals surface area (Å²) in [5, 5.41) is 8.92. The Bertz CT molecular complexity index is 486. The number of carbonyl (C=O) groups is 2. The first-order valence-electron chi connectivity index (χ1n) is 6.32. The summed E-state index contributed by atoms with van der Waals surface area (Å²) >= 11 is 0. The minimum atomic E-state index is -0.973. The van der Waals surface area contributed by atoms with Crippen LogP contribution in [0.3, 0.4) is 0 Å². The Morgan fingerprint density at radius 3 is 2.89 bits per heavy atom. The highest BCUT2D eigenvalue weighted by atomic mass is 16.5. The van der Waals surface area contributed by atoms with Crippen molar-refractivity contribution >= 4 is 11.9 Å². The molecule has 102 valence electrons. The molecule has 0 bridgehead atoms. The number of carboxylic acid groups (broad SMARTS) is 1. The van der Waals surface area contributed by atoms with Crippen LogP contribution in [-0.2, 0) is 4.79 Å². The molecule has 1 aliphatic rings. The lowest BCUT2D eigenvalue weighted by Crippen LogP contribution is -2.43. The van der Waals surface area contributed by atoms with E-state index in [4.69, 9.17) is 9.84 Å². The number of ether oxygens (including phenoxy) is 1. The van der Waals surface area contributed by atoms with Gasteiger partial charge in [-0.15, -0.1) is 0 Å². The summed E-state index contributed by atoms with van der Waals surface area (Å²) in [6.45, 7) is 2.88. The van der Waals surface area contributed by atoms with E-state index in [9.17, 15) is 9.59 Å². The number of likely N-dealkylation sites (tertiary alicyclic amines) is 1. The standard InChI is InChI=1S/C14H17NO4/c1-10(16)15-7-3-6-13(9-15)19-12-5-2-4-11(8-12)14(17)18/h2,4-5,8,13H,3,6-7,9H2,1H3,(H,17,18). The van der Waals surface area contributed by atoms with E-state index < -0.39 is 5.97 Å². The van der Waals surface area contributed by atoms with Crippen molar-refractivity contribution in [2.45, 2.75) is 25.9 Å². The summed E-state index contributed by atoms with van der Waals surface area (Å²) in [4.78, 5) is 24.0. The maximum absolute atomic E-state index is 11.3. The van der Waals surface area contributed by atoms with Crippen LogP contribution in [-0.4, -0.2) is 41.1 Å². The zero-order chi connectivity index (χ0) is 13.8. The predicted molar refractivity (Wildman–Crippen MR) is 69.3 cm³/mol. The van der Waals surface area contributed by atoms with Crippen molar-refractivity contribution in [2.75, 3.05) is 13.1 Å². The monoisotopic (exact) mass is 263 g/mol. The Morgan fingerprint density at radius 2 is 2.21 bits per heavy atom. The Hall–Kier alpha value is -2.04. The SMILES string of the molecule is CC(=O)N1CCCC(Oc2cccc(C(=O)O)c2)C1. The number of benzene rings is 1. The van der Waals surface area contributed by atoms with Crippen LogP contribution in [0.4, 0.5) is 0 Å². The molecule has 1 unspecified atom stereocenters. The van der Waals surface area contributed by atoms with Gasteiger partial charge in [0.15, 0.2) is 0 Å². The molecule has 1 aliphatic heterocycles. The molecule has 1 aromatic carbocycles. The van der Waals surface area contributed by atoms with Gasteiger partial charge in [0.1, 0.15) is 11.9 Å². The fourth-order valence-electron chi connectivity index (χ4n) is 2.22. The van der Waals surface area contributed by atoms with E-state index in [1.165, 1.54) is 12.1 Å². The number of nitrogens with zero attached hydrogens (tertiary/aromatic N) is 1. The topological polar surface area (TPSA) is 66.8 Å². The van der Waals surface area contributed by atoms with Crippen LogP contribution in [0.25, 0.3) is 0 Å². The lowest BCUT2D eigenvalue weighted by molar-refractivity contribution is -0.131. The van der Waals surface area contributed by atoms with Crippen molar-refractivity contribution in [3.05, 3.63) is 29.8 Å². The third kappa shape index (κ3) is 3.47. The molecule has 1 saturated heterocycles. The second-order valence-electron chi connectivity index (χ2n) is 4.68. The van der Waals surface area contributed by atoms with E-state index in [2.05, 4.69) is 0 Å². The Balaban J connectivity index is 2.02. The van der Waals surface area contributed by atoms with E-state index in [0.29, 0.717) is 12.3 Å². The maximum atomic E-state index is 11.3. The second-order valence-corrected chi connectivity index (χ2v) is 4.68. The Labute approximate surface area is 111 Å². The molecule has 5 heteroatoms. The van der Waals surface area contributed by atoms with E-state index in [0.717, 1.165) is 19.4 Å². The minimum Gasteiger partial charge on any atom is -0.489 e. The largest absolute Gasteiger partial charge is 0.489 e. The van der Waals surface area contributed by atoms with Gasteiger partial charge >= 0.3 is 5.97 Å². The van der Waals surface area contributed by atoms with Crippen LogP contribution in [0.2, 0.25) is 0 Å². The summed E-state index contributed by atoms with van der Waals surface area (Å²) in [5.41, 5.74) is 0.205. The summed E-state index contributed by atoms with van der Waals surface area (Å²) in [6.07, 6.45) is 1.71. The number of amides is 1. The lowest BCUT2D eigenvalue weighted by atomic mass is 10.1. The third-order valence-corrected chi connectivity index (χ3v) is 3.21. The maximum Gasteiger partial charge on any atom is 0.335 e. The van der Waals surface area contributed by atoms with Gasteiger partial charge in [-0.3, -0.25) is 4.79 Å². The van der Waals surface area contributed by atoms with Crippen molar-refractivity contribution in [3.8, 4) is 5.75 Å². The Kier molecular flexibility index (Phi) is 4.04. The molecule has 0 saturated carbocycles. The lowest BCUT2D eigenvalue weighted by Gasteiger charge is -2.32. The molecule has 0 radical (unpaired) electrons. The van der Waals surface area contributed by atoms with Crippen LogP contribution < -0.4 is 4.74 Å². The van der Waals surface area contributed by atoms with Crippen molar-refractivity contribution < 1.29 is 19.4 Å². The zero-order valence-corrected chi connectivity index (χ0v) is 10.8. The molecule has 1 amide bonds. The number of piperidine rings is 1. The molecule has 1 fully saturated rings. The summed E-state index contributed by atoms with van der Waals surface area (Å²) in [6, 6.07) is 6.43. The van der Waals surface area contributed by atoms with E-state index in [1.807, 2.05) is 0 Å². The van der Waals surface area contributed by atoms with E-state index in [1.54, 1.807) is 24.0 Å². The fraction of sp³-hybridized carbons (Fsp3) is 0.429. The van der Waals surface area contributed by atoms with Crippen molar-refractivity contribution in [2.24, 2.45) is 0 Å². The average Bonchev–Trinajstić information content (AvgIpc) is 2.39. The number of carbonyl (C=O) groups excluding carboxylic acids is 1. The molecule has 5 nitrogen and oxygen atoms in total. The highest BCUT2D eigenvalue weighted by Crippen LogP contribution is 2.19. The number of carboxylic acids is 1. The first kappa shape index (κ1) is 13.4. The van der Waals surface area contributed by atoms with Gasteiger partial charge in [-0.25, -0.2) is 4.79 Å². The van der Waals surface area contributed by atoms with Crippen LogP contribution in [0, 0.1) is 0 Å². The molecule has 1 N–H and O–H groups in total. The van der Waals surface area contributed by atoms with Crippen molar-refractivity contribution in [3.63, 3.8) is 0 Å². The Morgan fingerprint density at radius 1 is 1.42 bits per heavy atom. The normalized spacial score (nSPS) is 19.0. The molecule has 19 heavy (non-hydrogen) atoms. The smallest absolute Gasteiger partial charge is 0.335 e. The minimum absolute atomic E-state index is 0.0487. The van der Waals surface area contributed by atoms with Gasteiger partial charge in [-0.1, -0.05) is 6.07 Å². The van der Waals surface area contributed by atoms with Gasteiger partial charge in [0.2, 0.25) is 5.91 Å². The second kappa shape index (κ2) is 5.73. The molecule has 1 heterocycles. The highest BCUT2D eigenvalue weighted by molar-refractivity contribution is 5.88. The summed E-state index contributed by atoms with van der Waals surface area (Å²) in [5.74, 6) is -0.387. The quantitative estimate of drug-likeness (QED) is 0.902. The van der Waals surface area contributed by atoms with Crippen LogP contribution in [0.5, 0.6) is 5.75 Å². The predicted octanol–water partition coefficient (Wildman–Crippen LogP) is 1.77. The van der Waals surface area contributed by atoms with Crippen LogP contribution in [0.1, 0.15) is 30.1 Å². The van der Waals surface area contributed by atoms with Gasteiger partial charge < -0.3 is 14.7 Å². The average molecular weight is 263 g/mol. The molecule has 0 aliphatic carbocycles. The van der Waals surface area contributed by atoms with Crippen molar-refractivity contribution in [1.82, 2.24) is 4.90 Å². The van der Waals surface area contributed by atoms with Crippen LogP contribution in [0.15, 0.2) is 24.3 Å². The van der Waals surface area contributed by atoms with Crippen LogP contribution >= 0.6 is 0 Å². The number of hydrogen-bond acceptors (Lipinski definition) is 3. The third-order valence-electron chi connectivity index (χ3n) is 3.21. The molecule has 0 spiro atoms. The van der Waals surface area contributed by atoms with Gasteiger partial charge in [0.05, 0.1) is 12.1 Å². The van der Waals surface area contributed by atoms with Gasteiger partial charge in [0, 0.05) is 13.5 Å². The number of hydrogen-bond donors (Lipinski definition) is 1. The fourth-order valence-corrected chi connectivity index (χ4v) is 2.22. The molecular formula is C14H17NO4. The first-order valence-corrected chi connectivity index (χ1v) is 6.32.